The first kappa shape index (κ1) is 15.4. The molecule has 118 valence electrons. The first-order chi connectivity index (χ1) is 10.8. The van der Waals surface area contributed by atoms with Crippen LogP contribution < -0.4 is 5.32 Å². The van der Waals surface area contributed by atoms with Gasteiger partial charge >= 0.3 is 0 Å². The second-order valence-corrected chi connectivity index (χ2v) is 6.39. The maximum absolute atomic E-state index is 4.67. The molecule has 22 heavy (non-hydrogen) atoms. The molecular formula is C19H27N3. The molecule has 2 aromatic rings. The Balaban J connectivity index is 1.88. The van der Waals surface area contributed by atoms with E-state index >= 15 is 0 Å². The molecule has 1 aliphatic rings. The summed E-state index contributed by atoms with van der Waals surface area (Å²) in [5.74, 6) is 0. The molecule has 3 heteroatoms. The van der Waals surface area contributed by atoms with E-state index in [-0.39, 0.29) is 0 Å². The number of aryl methyl sites for hydroxylation is 1. The summed E-state index contributed by atoms with van der Waals surface area (Å²) in [6.07, 6.45) is 3.75. The van der Waals surface area contributed by atoms with E-state index in [4.69, 9.17) is 0 Å². The predicted octanol–water partition coefficient (Wildman–Crippen LogP) is 3.51. The van der Waals surface area contributed by atoms with Gasteiger partial charge in [0.25, 0.3) is 0 Å². The summed E-state index contributed by atoms with van der Waals surface area (Å²) in [4.78, 5) is 7.36. The molecule has 1 aromatic carbocycles. The van der Waals surface area contributed by atoms with Crippen LogP contribution in [0.15, 0.2) is 30.3 Å². The van der Waals surface area contributed by atoms with Crippen LogP contribution in [0, 0.1) is 6.92 Å². The van der Waals surface area contributed by atoms with Crippen LogP contribution in [-0.4, -0.2) is 35.6 Å². The molecule has 1 aromatic heterocycles. The second-order valence-electron chi connectivity index (χ2n) is 6.39. The van der Waals surface area contributed by atoms with E-state index in [9.17, 15) is 0 Å². The maximum Gasteiger partial charge on any atom is 0.0708 e. The predicted molar refractivity (Wildman–Crippen MR) is 93.1 cm³/mol. The van der Waals surface area contributed by atoms with E-state index in [1.807, 2.05) is 0 Å². The molecule has 0 spiro atoms. The van der Waals surface area contributed by atoms with Crippen molar-refractivity contribution in [2.24, 2.45) is 0 Å². The molecule has 1 aliphatic heterocycles. The summed E-state index contributed by atoms with van der Waals surface area (Å²) in [6.45, 7) is 8.92. The number of fused-ring (bicyclic) bond motifs is 1. The third-order valence-corrected chi connectivity index (χ3v) is 4.64. The molecule has 0 atom stereocenters. The van der Waals surface area contributed by atoms with E-state index in [1.54, 1.807) is 0 Å². The smallest absolute Gasteiger partial charge is 0.0708 e. The van der Waals surface area contributed by atoms with Gasteiger partial charge in [-0.25, -0.2) is 0 Å². The highest BCUT2D eigenvalue weighted by atomic mass is 15.2. The fourth-order valence-electron chi connectivity index (χ4n) is 3.59. The Labute approximate surface area is 133 Å². The molecule has 3 rings (SSSR count). The standard InChI is InChI=1S/C19H27N3/c1-3-12-22(17-8-10-20-11-9-17)14-16-13-15(2)21-19-7-5-4-6-18(16)19/h4-7,13,17,20H,3,8-12,14H2,1-2H3. The van der Waals surface area contributed by atoms with Crippen molar-refractivity contribution in [3.05, 3.63) is 41.6 Å². The van der Waals surface area contributed by atoms with Crippen LogP contribution in [-0.2, 0) is 6.54 Å². The highest BCUT2D eigenvalue weighted by Gasteiger charge is 2.21. The molecule has 3 nitrogen and oxygen atoms in total. The Hall–Kier alpha value is -1.45. The van der Waals surface area contributed by atoms with Crippen LogP contribution in [0.4, 0.5) is 0 Å². The molecule has 0 aliphatic carbocycles. The van der Waals surface area contributed by atoms with Crippen molar-refractivity contribution in [1.82, 2.24) is 15.2 Å². The number of piperidine rings is 1. The summed E-state index contributed by atoms with van der Waals surface area (Å²) in [5, 5.41) is 4.79. The first-order valence-electron chi connectivity index (χ1n) is 8.58. The first-order valence-corrected chi connectivity index (χ1v) is 8.58. The van der Waals surface area contributed by atoms with Gasteiger partial charge in [0.2, 0.25) is 0 Å². The van der Waals surface area contributed by atoms with E-state index < -0.39 is 0 Å². The number of para-hydroxylation sites is 1. The molecule has 1 fully saturated rings. The average molecular weight is 297 g/mol. The van der Waals surface area contributed by atoms with Crippen LogP contribution in [0.2, 0.25) is 0 Å². The van der Waals surface area contributed by atoms with E-state index in [2.05, 4.69) is 59.4 Å². The lowest BCUT2D eigenvalue weighted by Crippen LogP contribution is -2.43. The van der Waals surface area contributed by atoms with Gasteiger partial charge in [-0.2, -0.15) is 0 Å². The number of rotatable bonds is 5. The van der Waals surface area contributed by atoms with Crippen molar-refractivity contribution in [2.45, 2.75) is 45.7 Å². The van der Waals surface area contributed by atoms with Crippen LogP contribution in [0.1, 0.15) is 37.4 Å². The molecule has 1 N–H and O–H groups in total. The Bertz CT molecular complexity index is 617. The average Bonchev–Trinajstić information content (AvgIpc) is 2.55. The number of nitrogens with one attached hydrogen (secondary N) is 1. The lowest BCUT2D eigenvalue weighted by atomic mass is 10.0. The molecule has 0 bridgehead atoms. The van der Waals surface area contributed by atoms with Gasteiger partial charge in [0.05, 0.1) is 5.52 Å². The van der Waals surface area contributed by atoms with Crippen molar-refractivity contribution in [3.8, 4) is 0 Å². The number of pyridine rings is 1. The minimum Gasteiger partial charge on any atom is -0.317 e. The highest BCUT2D eigenvalue weighted by molar-refractivity contribution is 5.82. The van der Waals surface area contributed by atoms with Crippen molar-refractivity contribution < 1.29 is 0 Å². The SMILES string of the molecule is CCCN(Cc1cc(C)nc2ccccc12)C1CCNCC1. The van der Waals surface area contributed by atoms with Gasteiger partial charge in [-0.1, -0.05) is 25.1 Å². The molecule has 0 saturated carbocycles. The van der Waals surface area contributed by atoms with Gasteiger partial charge in [0.1, 0.15) is 0 Å². The third kappa shape index (κ3) is 3.47. The van der Waals surface area contributed by atoms with Crippen LogP contribution in [0.25, 0.3) is 10.9 Å². The van der Waals surface area contributed by atoms with Crippen LogP contribution in [0.5, 0.6) is 0 Å². The van der Waals surface area contributed by atoms with Crippen molar-refractivity contribution in [3.63, 3.8) is 0 Å². The quantitative estimate of drug-likeness (QED) is 0.915. The van der Waals surface area contributed by atoms with Gasteiger partial charge in [0, 0.05) is 23.7 Å². The van der Waals surface area contributed by atoms with Gasteiger partial charge in [-0.3, -0.25) is 9.88 Å². The fraction of sp³-hybridized carbons (Fsp3) is 0.526. The monoisotopic (exact) mass is 297 g/mol. The van der Waals surface area contributed by atoms with E-state index in [0.717, 1.165) is 30.8 Å². The fourth-order valence-corrected chi connectivity index (χ4v) is 3.59. The topological polar surface area (TPSA) is 28.2 Å². The number of benzene rings is 1. The van der Waals surface area contributed by atoms with Gasteiger partial charge in [0.15, 0.2) is 0 Å². The Morgan fingerprint density at radius 3 is 2.77 bits per heavy atom. The molecule has 0 unspecified atom stereocenters. The number of aromatic nitrogens is 1. The number of nitrogens with zero attached hydrogens (tertiary/aromatic N) is 2. The van der Waals surface area contributed by atoms with Crippen molar-refractivity contribution in [1.29, 1.82) is 0 Å². The van der Waals surface area contributed by atoms with E-state index in [0.29, 0.717) is 6.04 Å². The number of hydrogen-bond donors (Lipinski definition) is 1. The zero-order chi connectivity index (χ0) is 15.4. The molecule has 0 radical (unpaired) electrons. The highest BCUT2D eigenvalue weighted by Crippen LogP contribution is 2.22. The molecule has 2 heterocycles. The zero-order valence-corrected chi connectivity index (χ0v) is 13.8. The van der Waals surface area contributed by atoms with Gasteiger partial charge in [-0.15, -0.1) is 0 Å². The maximum atomic E-state index is 4.67. The minimum atomic E-state index is 0.716. The summed E-state index contributed by atoms with van der Waals surface area (Å²) in [6, 6.07) is 11.5. The summed E-state index contributed by atoms with van der Waals surface area (Å²) >= 11 is 0. The Kier molecular flexibility index (Phi) is 5.06. The van der Waals surface area contributed by atoms with Crippen LogP contribution >= 0.6 is 0 Å². The summed E-state index contributed by atoms with van der Waals surface area (Å²) in [7, 11) is 0. The van der Waals surface area contributed by atoms with Gasteiger partial charge < -0.3 is 5.32 Å². The Morgan fingerprint density at radius 2 is 2.00 bits per heavy atom. The summed E-state index contributed by atoms with van der Waals surface area (Å²) in [5.41, 5.74) is 3.67. The zero-order valence-electron chi connectivity index (χ0n) is 13.8. The van der Waals surface area contributed by atoms with Crippen molar-refractivity contribution in [2.75, 3.05) is 19.6 Å². The van der Waals surface area contributed by atoms with E-state index in [1.165, 1.54) is 36.8 Å². The lowest BCUT2D eigenvalue weighted by molar-refractivity contribution is 0.154. The largest absolute Gasteiger partial charge is 0.317 e. The molecule has 1 saturated heterocycles. The molecular weight excluding hydrogens is 270 g/mol. The van der Waals surface area contributed by atoms with Crippen molar-refractivity contribution >= 4 is 10.9 Å². The number of hydrogen-bond acceptors (Lipinski definition) is 3. The van der Waals surface area contributed by atoms with Crippen LogP contribution in [0.3, 0.4) is 0 Å². The molecule has 0 amide bonds. The van der Waals surface area contributed by atoms with Gasteiger partial charge in [-0.05, 0) is 63.5 Å². The second kappa shape index (κ2) is 7.21. The Morgan fingerprint density at radius 1 is 1.23 bits per heavy atom. The summed E-state index contributed by atoms with van der Waals surface area (Å²) < 4.78 is 0. The minimum absolute atomic E-state index is 0.716. The third-order valence-electron chi connectivity index (χ3n) is 4.64. The normalized spacial score (nSPS) is 16.5. The lowest BCUT2D eigenvalue weighted by Gasteiger charge is -2.34.